The van der Waals surface area contributed by atoms with Crippen molar-refractivity contribution < 1.29 is 0 Å². The van der Waals surface area contributed by atoms with Gasteiger partial charge in [0, 0.05) is 37.1 Å². The molecule has 1 unspecified atom stereocenters. The summed E-state index contributed by atoms with van der Waals surface area (Å²) in [7, 11) is 2.23. The molecule has 0 amide bonds. The van der Waals surface area contributed by atoms with E-state index in [4.69, 9.17) is 4.98 Å². The standard InChI is InChI=1S/C15H28N4S/c1-5-7-16-10-14-12(3)17-15(20-14)19-9-8-18(4)13(6-2)11-19/h13,16H,5-11H2,1-4H3. The molecular weight excluding hydrogens is 268 g/mol. The number of hydrogen-bond acceptors (Lipinski definition) is 5. The maximum atomic E-state index is 4.79. The lowest BCUT2D eigenvalue weighted by Gasteiger charge is -2.39. The molecular formula is C15H28N4S. The second-order valence-corrected chi connectivity index (χ2v) is 6.73. The van der Waals surface area contributed by atoms with Crippen LogP contribution in [0.15, 0.2) is 0 Å². The molecule has 1 aromatic heterocycles. The number of nitrogens with one attached hydrogen (secondary N) is 1. The third kappa shape index (κ3) is 3.71. The Morgan fingerprint density at radius 3 is 2.85 bits per heavy atom. The molecule has 2 heterocycles. The molecule has 0 aromatic carbocycles. The highest BCUT2D eigenvalue weighted by molar-refractivity contribution is 7.15. The Morgan fingerprint density at radius 2 is 2.15 bits per heavy atom. The summed E-state index contributed by atoms with van der Waals surface area (Å²) in [6.45, 7) is 12.0. The molecule has 1 aliphatic rings. The van der Waals surface area contributed by atoms with Gasteiger partial charge in [-0.15, -0.1) is 11.3 Å². The average molecular weight is 296 g/mol. The number of thiazole rings is 1. The van der Waals surface area contributed by atoms with Crippen molar-refractivity contribution >= 4 is 16.5 Å². The summed E-state index contributed by atoms with van der Waals surface area (Å²) in [4.78, 5) is 11.1. The summed E-state index contributed by atoms with van der Waals surface area (Å²) in [5, 5.41) is 4.69. The van der Waals surface area contributed by atoms with Crippen LogP contribution in [0.3, 0.4) is 0 Å². The van der Waals surface area contributed by atoms with E-state index in [-0.39, 0.29) is 0 Å². The van der Waals surface area contributed by atoms with E-state index in [2.05, 4.69) is 42.9 Å². The maximum absolute atomic E-state index is 4.79. The Morgan fingerprint density at radius 1 is 1.35 bits per heavy atom. The first-order valence-electron chi connectivity index (χ1n) is 7.77. The SMILES string of the molecule is CCCNCc1sc(N2CCN(C)C(CC)C2)nc1C. The summed E-state index contributed by atoms with van der Waals surface area (Å²) in [6, 6.07) is 0.662. The molecule has 1 aromatic rings. The van der Waals surface area contributed by atoms with Gasteiger partial charge in [-0.2, -0.15) is 0 Å². The van der Waals surface area contributed by atoms with Crippen molar-refractivity contribution in [1.82, 2.24) is 15.2 Å². The van der Waals surface area contributed by atoms with E-state index in [1.807, 2.05) is 11.3 Å². The van der Waals surface area contributed by atoms with Crippen molar-refractivity contribution in [2.24, 2.45) is 0 Å². The van der Waals surface area contributed by atoms with Crippen LogP contribution in [-0.2, 0) is 6.54 Å². The fourth-order valence-corrected chi connectivity index (χ4v) is 3.72. The van der Waals surface area contributed by atoms with Gasteiger partial charge < -0.3 is 10.2 Å². The first kappa shape index (κ1) is 15.7. The van der Waals surface area contributed by atoms with Crippen LogP contribution in [0.2, 0.25) is 0 Å². The number of piperazine rings is 1. The van der Waals surface area contributed by atoms with Crippen molar-refractivity contribution in [2.75, 3.05) is 38.1 Å². The van der Waals surface area contributed by atoms with Gasteiger partial charge in [-0.1, -0.05) is 13.8 Å². The topological polar surface area (TPSA) is 31.4 Å². The molecule has 2 rings (SSSR count). The highest BCUT2D eigenvalue weighted by Crippen LogP contribution is 2.28. The van der Waals surface area contributed by atoms with Crippen LogP contribution in [0.4, 0.5) is 5.13 Å². The van der Waals surface area contributed by atoms with E-state index in [1.54, 1.807) is 0 Å². The Balaban J connectivity index is 2.00. The van der Waals surface area contributed by atoms with Gasteiger partial charge >= 0.3 is 0 Å². The smallest absolute Gasteiger partial charge is 0.185 e. The molecule has 4 nitrogen and oxygen atoms in total. The Kier molecular flexibility index (Phi) is 5.81. The number of rotatable bonds is 6. The molecule has 1 saturated heterocycles. The van der Waals surface area contributed by atoms with Gasteiger partial charge in [-0.3, -0.25) is 4.90 Å². The van der Waals surface area contributed by atoms with E-state index in [0.29, 0.717) is 6.04 Å². The second-order valence-electron chi connectivity index (χ2n) is 5.67. The molecule has 5 heteroatoms. The molecule has 0 saturated carbocycles. The molecule has 20 heavy (non-hydrogen) atoms. The monoisotopic (exact) mass is 296 g/mol. The average Bonchev–Trinajstić information content (AvgIpc) is 2.81. The third-order valence-electron chi connectivity index (χ3n) is 4.11. The van der Waals surface area contributed by atoms with Gasteiger partial charge in [-0.25, -0.2) is 4.98 Å². The zero-order valence-corrected chi connectivity index (χ0v) is 14.1. The molecule has 0 spiro atoms. The van der Waals surface area contributed by atoms with E-state index >= 15 is 0 Å². The van der Waals surface area contributed by atoms with Crippen molar-refractivity contribution in [3.8, 4) is 0 Å². The molecule has 0 radical (unpaired) electrons. The van der Waals surface area contributed by atoms with Gasteiger partial charge in [0.25, 0.3) is 0 Å². The van der Waals surface area contributed by atoms with Gasteiger partial charge in [0.1, 0.15) is 0 Å². The number of hydrogen-bond donors (Lipinski definition) is 1. The quantitative estimate of drug-likeness (QED) is 0.817. The van der Waals surface area contributed by atoms with Crippen LogP contribution in [0.5, 0.6) is 0 Å². The zero-order valence-electron chi connectivity index (χ0n) is 13.3. The van der Waals surface area contributed by atoms with Crippen LogP contribution >= 0.6 is 11.3 Å². The highest BCUT2D eigenvalue weighted by atomic mass is 32.1. The van der Waals surface area contributed by atoms with Crippen molar-refractivity contribution in [1.29, 1.82) is 0 Å². The van der Waals surface area contributed by atoms with Crippen molar-refractivity contribution in [3.05, 3.63) is 10.6 Å². The van der Waals surface area contributed by atoms with Crippen LogP contribution < -0.4 is 10.2 Å². The minimum Gasteiger partial charge on any atom is -0.345 e. The minimum atomic E-state index is 0.662. The van der Waals surface area contributed by atoms with Gasteiger partial charge in [0.05, 0.1) is 5.69 Å². The van der Waals surface area contributed by atoms with E-state index in [0.717, 1.165) is 32.7 Å². The lowest BCUT2D eigenvalue weighted by atomic mass is 10.1. The molecule has 1 fully saturated rings. The normalized spacial score (nSPS) is 20.6. The number of aromatic nitrogens is 1. The lowest BCUT2D eigenvalue weighted by Crippen LogP contribution is -2.51. The molecule has 0 bridgehead atoms. The molecule has 0 aliphatic carbocycles. The van der Waals surface area contributed by atoms with Crippen LogP contribution in [0.1, 0.15) is 37.3 Å². The van der Waals surface area contributed by atoms with Gasteiger partial charge in [0.2, 0.25) is 0 Å². The second kappa shape index (κ2) is 7.38. The fourth-order valence-electron chi connectivity index (χ4n) is 2.65. The number of nitrogens with zero attached hydrogens (tertiary/aromatic N) is 3. The fraction of sp³-hybridized carbons (Fsp3) is 0.800. The number of likely N-dealkylation sites (N-methyl/N-ethyl adjacent to an activating group) is 1. The highest BCUT2D eigenvalue weighted by Gasteiger charge is 2.25. The van der Waals surface area contributed by atoms with Gasteiger partial charge in [0.15, 0.2) is 5.13 Å². The maximum Gasteiger partial charge on any atom is 0.185 e. The van der Waals surface area contributed by atoms with Crippen LogP contribution in [0.25, 0.3) is 0 Å². The summed E-state index contributed by atoms with van der Waals surface area (Å²) < 4.78 is 0. The summed E-state index contributed by atoms with van der Waals surface area (Å²) in [5.74, 6) is 0. The molecule has 1 aliphatic heterocycles. The van der Waals surface area contributed by atoms with E-state index < -0.39 is 0 Å². The lowest BCUT2D eigenvalue weighted by molar-refractivity contribution is 0.213. The first-order chi connectivity index (χ1) is 9.65. The van der Waals surface area contributed by atoms with E-state index in [1.165, 1.54) is 28.5 Å². The summed E-state index contributed by atoms with van der Waals surface area (Å²) in [6.07, 6.45) is 2.39. The Bertz CT molecular complexity index is 418. The molecule has 114 valence electrons. The molecule has 1 atom stereocenters. The number of aryl methyl sites for hydroxylation is 1. The molecule has 1 N–H and O–H groups in total. The van der Waals surface area contributed by atoms with Crippen LogP contribution in [-0.4, -0.2) is 49.2 Å². The minimum absolute atomic E-state index is 0.662. The largest absolute Gasteiger partial charge is 0.345 e. The van der Waals surface area contributed by atoms with Gasteiger partial charge in [-0.05, 0) is 33.4 Å². The third-order valence-corrected chi connectivity index (χ3v) is 5.33. The predicted molar refractivity (Wildman–Crippen MR) is 87.8 cm³/mol. The van der Waals surface area contributed by atoms with Crippen molar-refractivity contribution in [3.63, 3.8) is 0 Å². The van der Waals surface area contributed by atoms with E-state index in [9.17, 15) is 0 Å². The number of anilines is 1. The Hall–Kier alpha value is -0.650. The van der Waals surface area contributed by atoms with Crippen molar-refractivity contribution in [2.45, 2.75) is 46.2 Å². The first-order valence-corrected chi connectivity index (χ1v) is 8.59. The summed E-state index contributed by atoms with van der Waals surface area (Å²) >= 11 is 1.86. The predicted octanol–water partition coefficient (Wildman–Crippen LogP) is 2.48. The Labute approximate surface area is 127 Å². The summed E-state index contributed by atoms with van der Waals surface area (Å²) in [5.41, 5.74) is 1.19. The van der Waals surface area contributed by atoms with Crippen LogP contribution in [0, 0.1) is 6.92 Å². The zero-order chi connectivity index (χ0) is 14.5.